The van der Waals surface area contributed by atoms with Gasteiger partial charge in [0.05, 0.1) is 16.1 Å². The van der Waals surface area contributed by atoms with E-state index in [1.165, 1.54) is 0 Å². The highest BCUT2D eigenvalue weighted by molar-refractivity contribution is 7.71. The quantitative estimate of drug-likeness (QED) is 0.841. The molecule has 2 aromatic rings. The fraction of sp³-hybridized carbons (Fsp3) is 0.273. The maximum absolute atomic E-state index is 11.2. The molecule has 0 atom stereocenters. The average Bonchev–Trinajstić information content (AvgIpc) is 2.64. The SMILES string of the molecule is CNC(=O)CCn1c(=S)[nH]c2c(Cl)cccc21. The molecule has 6 heteroatoms. The Hall–Kier alpha value is -1.33. The fourth-order valence-electron chi connectivity index (χ4n) is 1.71. The zero-order chi connectivity index (χ0) is 12.4. The number of rotatable bonds is 3. The van der Waals surface area contributed by atoms with Crippen LogP contribution < -0.4 is 5.32 Å². The number of imidazole rings is 1. The predicted octanol–water partition coefficient (Wildman–Crippen LogP) is 2.49. The molecule has 0 unspecified atom stereocenters. The first-order valence-electron chi connectivity index (χ1n) is 5.21. The van der Waals surface area contributed by atoms with E-state index in [4.69, 9.17) is 23.8 Å². The number of carbonyl (C=O) groups is 1. The number of hydrogen-bond donors (Lipinski definition) is 2. The molecule has 2 rings (SSSR count). The first-order valence-corrected chi connectivity index (χ1v) is 5.99. The van der Waals surface area contributed by atoms with Crippen LogP contribution in [0.25, 0.3) is 11.0 Å². The Labute approximate surface area is 109 Å². The fourth-order valence-corrected chi connectivity index (χ4v) is 2.21. The van der Waals surface area contributed by atoms with Gasteiger partial charge in [-0.05, 0) is 24.4 Å². The first kappa shape index (κ1) is 12.1. The molecular weight excluding hydrogens is 258 g/mol. The molecule has 0 fully saturated rings. The van der Waals surface area contributed by atoms with Gasteiger partial charge in [-0.25, -0.2) is 0 Å². The molecule has 1 heterocycles. The van der Waals surface area contributed by atoms with E-state index in [1.807, 2.05) is 16.7 Å². The van der Waals surface area contributed by atoms with Gasteiger partial charge in [-0.1, -0.05) is 17.7 Å². The summed E-state index contributed by atoms with van der Waals surface area (Å²) in [6, 6.07) is 5.60. The normalized spacial score (nSPS) is 10.7. The van der Waals surface area contributed by atoms with Crippen LogP contribution in [0.15, 0.2) is 18.2 Å². The van der Waals surface area contributed by atoms with Crippen molar-refractivity contribution in [2.24, 2.45) is 0 Å². The van der Waals surface area contributed by atoms with E-state index in [-0.39, 0.29) is 5.91 Å². The largest absolute Gasteiger partial charge is 0.359 e. The Bertz CT molecular complexity index is 617. The lowest BCUT2D eigenvalue weighted by molar-refractivity contribution is -0.120. The number of nitrogens with one attached hydrogen (secondary N) is 2. The maximum atomic E-state index is 11.2. The second-order valence-corrected chi connectivity index (χ2v) is 4.43. The lowest BCUT2D eigenvalue weighted by atomic mass is 10.3. The minimum Gasteiger partial charge on any atom is -0.359 e. The highest BCUT2D eigenvalue weighted by Crippen LogP contribution is 2.22. The third-order valence-corrected chi connectivity index (χ3v) is 3.24. The van der Waals surface area contributed by atoms with E-state index in [2.05, 4.69) is 10.3 Å². The lowest BCUT2D eigenvalue weighted by Crippen LogP contribution is -2.19. The topological polar surface area (TPSA) is 49.8 Å². The number of nitrogens with zero attached hydrogens (tertiary/aromatic N) is 1. The molecule has 90 valence electrons. The molecule has 1 amide bonds. The van der Waals surface area contributed by atoms with Gasteiger partial charge < -0.3 is 14.9 Å². The van der Waals surface area contributed by atoms with E-state index in [9.17, 15) is 4.79 Å². The van der Waals surface area contributed by atoms with E-state index in [0.717, 1.165) is 11.0 Å². The summed E-state index contributed by atoms with van der Waals surface area (Å²) in [4.78, 5) is 14.3. The Morgan fingerprint density at radius 1 is 1.59 bits per heavy atom. The van der Waals surface area contributed by atoms with Gasteiger partial charge in [0.1, 0.15) is 0 Å². The summed E-state index contributed by atoms with van der Waals surface area (Å²) >= 11 is 11.3. The van der Waals surface area contributed by atoms with Crippen molar-refractivity contribution < 1.29 is 4.79 Å². The van der Waals surface area contributed by atoms with Crippen LogP contribution in [0.3, 0.4) is 0 Å². The van der Waals surface area contributed by atoms with Gasteiger partial charge in [-0.3, -0.25) is 4.79 Å². The predicted molar refractivity (Wildman–Crippen MR) is 70.8 cm³/mol. The van der Waals surface area contributed by atoms with Crippen molar-refractivity contribution in [2.75, 3.05) is 7.05 Å². The van der Waals surface area contributed by atoms with Gasteiger partial charge >= 0.3 is 0 Å². The number of benzene rings is 1. The summed E-state index contributed by atoms with van der Waals surface area (Å²) in [5.74, 6) is -0.0109. The zero-order valence-corrected chi connectivity index (χ0v) is 10.9. The third-order valence-electron chi connectivity index (χ3n) is 2.60. The molecule has 0 spiro atoms. The van der Waals surface area contributed by atoms with Gasteiger partial charge in [0.25, 0.3) is 0 Å². The number of aryl methyl sites for hydroxylation is 1. The van der Waals surface area contributed by atoms with Crippen molar-refractivity contribution in [3.05, 3.63) is 28.0 Å². The van der Waals surface area contributed by atoms with Gasteiger partial charge in [-0.2, -0.15) is 0 Å². The van der Waals surface area contributed by atoms with Crippen molar-refractivity contribution in [2.45, 2.75) is 13.0 Å². The summed E-state index contributed by atoms with van der Waals surface area (Å²) in [6.45, 7) is 0.541. The summed E-state index contributed by atoms with van der Waals surface area (Å²) in [7, 11) is 1.62. The highest BCUT2D eigenvalue weighted by atomic mass is 35.5. The van der Waals surface area contributed by atoms with Crippen LogP contribution >= 0.6 is 23.8 Å². The van der Waals surface area contributed by atoms with Crippen LogP contribution in [0, 0.1) is 4.77 Å². The number of hydrogen-bond acceptors (Lipinski definition) is 2. The number of para-hydroxylation sites is 1. The molecular formula is C11H12ClN3OS. The van der Waals surface area contributed by atoms with Crippen molar-refractivity contribution in [1.82, 2.24) is 14.9 Å². The lowest BCUT2D eigenvalue weighted by Gasteiger charge is -2.03. The molecule has 17 heavy (non-hydrogen) atoms. The number of aromatic amines is 1. The van der Waals surface area contributed by atoms with Gasteiger partial charge in [0, 0.05) is 20.0 Å². The Balaban J connectivity index is 2.40. The van der Waals surface area contributed by atoms with Crippen molar-refractivity contribution in [3.63, 3.8) is 0 Å². The van der Waals surface area contributed by atoms with Crippen LogP contribution in [0.1, 0.15) is 6.42 Å². The number of H-pyrrole nitrogens is 1. The zero-order valence-electron chi connectivity index (χ0n) is 9.29. The molecule has 0 aliphatic carbocycles. The minimum atomic E-state index is -0.0109. The number of halogens is 1. The van der Waals surface area contributed by atoms with E-state index >= 15 is 0 Å². The molecule has 0 aliphatic rings. The number of carbonyl (C=O) groups excluding carboxylic acids is 1. The van der Waals surface area contributed by atoms with Crippen molar-refractivity contribution in [1.29, 1.82) is 0 Å². The molecule has 0 saturated heterocycles. The molecule has 1 aromatic carbocycles. The van der Waals surface area contributed by atoms with Crippen LogP contribution in [0.2, 0.25) is 5.02 Å². The van der Waals surface area contributed by atoms with Crippen LogP contribution in [-0.2, 0) is 11.3 Å². The van der Waals surface area contributed by atoms with Gasteiger partial charge in [0.15, 0.2) is 4.77 Å². The molecule has 0 saturated carbocycles. The summed E-state index contributed by atoms with van der Waals surface area (Å²) in [5, 5.41) is 3.22. The second kappa shape index (κ2) is 4.89. The molecule has 1 aromatic heterocycles. The van der Waals surface area contributed by atoms with E-state index in [1.54, 1.807) is 13.1 Å². The molecule has 4 nitrogen and oxygen atoms in total. The number of amides is 1. The Morgan fingerprint density at radius 3 is 3.06 bits per heavy atom. The highest BCUT2D eigenvalue weighted by Gasteiger charge is 2.08. The van der Waals surface area contributed by atoms with E-state index in [0.29, 0.717) is 22.8 Å². The molecule has 0 aliphatic heterocycles. The summed E-state index contributed by atoms with van der Waals surface area (Å²) in [5.41, 5.74) is 1.74. The molecule has 2 N–H and O–H groups in total. The van der Waals surface area contributed by atoms with E-state index < -0.39 is 0 Å². The van der Waals surface area contributed by atoms with Crippen LogP contribution in [0.5, 0.6) is 0 Å². The van der Waals surface area contributed by atoms with Crippen LogP contribution in [-0.4, -0.2) is 22.5 Å². The monoisotopic (exact) mass is 269 g/mol. The second-order valence-electron chi connectivity index (χ2n) is 3.64. The van der Waals surface area contributed by atoms with Gasteiger partial charge in [0.2, 0.25) is 5.91 Å². The first-order chi connectivity index (χ1) is 8.13. The number of fused-ring (bicyclic) bond motifs is 1. The maximum Gasteiger partial charge on any atom is 0.221 e. The van der Waals surface area contributed by atoms with Crippen LogP contribution in [0.4, 0.5) is 0 Å². The molecule has 0 radical (unpaired) electrons. The standard InChI is InChI=1S/C11H12ClN3OS/c1-13-9(16)5-6-15-8-4-2-3-7(12)10(8)14-11(15)17/h2-4H,5-6H2,1H3,(H,13,16)(H,14,17). The van der Waals surface area contributed by atoms with Crippen molar-refractivity contribution in [3.8, 4) is 0 Å². The summed E-state index contributed by atoms with van der Waals surface area (Å²) < 4.78 is 2.46. The average molecular weight is 270 g/mol. The van der Waals surface area contributed by atoms with Crippen molar-refractivity contribution >= 4 is 40.8 Å². The third kappa shape index (κ3) is 2.35. The smallest absolute Gasteiger partial charge is 0.221 e. The Morgan fingerprint density at radius 2 is 2.35 bits per heavy atom. The van der Waals surface area contributed by atoms with Gasteiger partial charge in [-0.15, -0.1) is 0 Å². The summed E-state index contributed by atoms with van der Waals surface area (Å²) in [6.07, 6.45) is 0.393. The minimum absolute atomic E-state index is 0.0109. The number of aromatic nitrogens is 2. The molecule has 0 bridgehead atoms. The Kier molecular flexibility index (Phi) is 3.49.